The molecule has 1 atom stereocenters. The van der Waals surface area contributed by atoms with Crippen LogP contribution < -0.4 is 24.4 Å². The van der Waals surface area contributed by atoms with Gasteiger partial charge in [-0.1, -0.05) is 35.6 Å². The third-order valence-corrected chi connectivity index (χ3v) is 7.02. The first-order valence-electron chi connectivity index (χ1n) is 12.1. The van der Waals surface area contributed by atoms with Crippen LogP contribution in [0.4, 0.5) is 0 Å². The third-order valence-electron chi connectivity index (χ3n) is 6.04. The first-order chi connectivity index (χ1) is 18.9. The fourth-order valence-electron chi connectivity index (χ4n) is 4.26. The van der Waals surface area contributed by atoms with Crippen molar-refractivity contribution in [2.75, 3.05) is 13.7 Å². The monoisotopic (exact) mass is 544 g/mol. The van der Waals surface area contributed by atoms with Gasteiger partial charge in [0.2, 0.25) is 5.76 Å². The Bertz CT molecular complexity index is 1750. The fraction of sp³-hybridized carbons (Fsp3) is 0.172. The Hall–Kier alpha value is -4.70. The number of benzene rings is 2. The van der Waals surface area contributed by atoms with E-state index in [0.717, 1.165) is 0 Å². The summed E-state index contributed by atoms with van der Waals surface area (Å²) in [5.74, 6) is -0.121. The molecule has 0 fully saturated rings. The van der Waals surface area contributed by atoms with E-state index >= 15 is 0 Å². The van der Waals surface area contributed by atoms with Crippen molar-refractivity contribution in [1.82, 2.24) is 4.57 Å². The van der Waals surface area contributed by atoms with Crippen molar-refractivity contribution in [3.8, 4) is 11.5 Å². The van der Waals surface area contributed by atoms with Crippen LogP contribution in [0.5, 0.6) is 11.5 Å². The molecule has 0 amide bonds. The number of aromatic nitrogens is 1. The summed E-state index contributed by atoms with van der Waals surface area (Å²) in [6, 6.07) is 16.4. The minimum Gasteiger partial charge on any atom is -0.497 e. The number of thiazole rings is 1. The Balaban J connectivity index is 1.58. The van der Waals surface area contributed by atoms with Gasteiger partial charge in [0.1, 0.15) is 11.5 Å². The van der Waals surface area contributed by atoms with Crippen LogP contribution in [0.3, 0.4) is 0 Å². The smallest absolute Gasteiger partial charge is 0.379 e. The number of allylic oxidation sites excluding steroid dienone is 1. The number of nitrogens with zero attached hydrogens (tertiary/aromatic N) is 2. The van der Waals surface area contributed by atoms with Crippen molar-refractivity contribution in [3.05, 3.63) is 115 Å². The number of hydrogen-bond donors (Lipinski definition) is 0. The molecule has 10 heteroatoms. The second kappa shape index (κ2) is 11.0. The lowest BCUT2D eigenvalue weighted by Gasteiger charge is -2.24. The maximum atomic E-state index is 13.8. The molecule has 0 saturated heterocycles. The molecule has 0 spiro atoms. The normalized spacial score (nSPS) is 14.9. The third kappa shape index (κ3) is 5.19. The molecule has 0 saturated carbocycles. The fourth-order valence-corrected chi connectivity index (χ4v) is 5.31. The summed E-state index contributed by atoms with van der Waals surface area (Å²) in [5.41, 5.74) is 1.83. The number of fused-ring (bicyclic) bond motifs is 1. The van der Waals surface area contributed by atoms with Gasteiger partial charge in [-0.05, 0) is 67.4 Å². The van der Waals surface area contributed by atoms with E-state index in [1.54, 1.807) is 69.5 Å². The number of methoxy groups -OCH3 is 1. The van der Waals surface area contributed by atoms with Crippen LogP contribution in [0.25, 0.3) is 6.08 Å². The minimum atomic E-state index is -0.728. The number of hydrogen-bond acceptors (Lipinski definition) is 9. The van der Waals surface area contributed by atoms with E-state index in [2.05, 4.69) is 4.99 Å². The van der Waals surface area contributed by atoms with Crippen LogP contribution >= 0.6 is 11.3 Å². The largest absolute Gasteiger partial charge is 0.497 e. The molecule has 0 aliphatic carbocycles. The van der Waals surface area contributed by atoms with Crippen molar-refractivity contribution in [2.24, 2.45) is 4.99 Å². The molecule has 4 aromatic rings. The van der Waals surface area contributed by atoms with E-state index in [-0.39, 0.29) is 17.9 Å². The average molecular weight is 545 g/mol. The maximum Gasteiger partial charge on any atom is 0.379 e. The number of rotatable bonds is 7. The van der Waals surface area contributed by atoms with Crippen molar-refractivity contribution in [2.45, 2.75) is 19.9 Å². The Morgan fingerprint density at radius 2 is 1.87 bits per heavy atom. The zero-order valence-corrected chi connectivity index (χ0v) is 22.2. The van der Waals surface area contributed by atoms with Crippen molar-refractivity contribution >= 4 is 29.4 Å². The minimum absolute atomic E-state index is 0.0834. The van der Waals surface area contributed by atoms with Gasteiger partial charge in [-0.2, -0.15) is 0 Å². The lowest BCUT2D eigenvalue weighted by atomic mass is 9.96. The molecule has 2 aromatic heterocycles. The molecular weight excluding hydrogens is 520 g/mol. The van der Waals surface area contributed by atoms with Gasteiger partial charge in [0.05, 0.1) is 41.8 Å². The Kier molecular flexibility index (Phi) is 7.29. The van der Waals surface area contributed by atoms with E-state index in [4.69, 9.17) is 18.6 Å². The molecule has 5 rings (SSSR count). The molecule has 0 radical (unpaired) electrons. The highest BCUT2D eigenvalue weighted by molar-refractivity contribution is 7.07. The summed E-state index contributed by atoms with van der Waals surface area (Å²) >= 11 is 1.21. The highest BCUT2D eigenvalue weighted by atomic mass is 32.1. The molecule has 1 aliphatic heterocycles. The lowest BCUT2D eigenvalue weighted by molar-refractivity contribution is -0.139. The predicted molar refractivity (Wildman–Crippen MR) is 144 cm³/mol. The van der Waals surface area contributed by atoms with E-state index in [0.29, 0.717) is 43.2 Å². The van der Waals surface area contributed by atoms with Gasteiger partial charge in [-0.3, -0.25) is 9.36 Å². The van der Waals surface area contributed by atoms with Crippen molar-refractivity contribution in [1.29, 1.82) is 0 Å². The highest BCUT2D eigenvalue weighted by Gasteiger charge is 2.33. The van der Waals surface area contributed by atoms with Crippen LogP contribution in [0, 0.1) is 0 Å². The Labute approximate surface area is 226 Å². The summed E-state index contributed by atoms with van der Waals surface area (Å²) in [5, 5.41) is 0. The summed E-state index contributed by atoms with van der Waals surface area (Å²) in [6.07, 6.45) is 3.09. The first-order valence-corrected chi connectivity index (χ1v) is 12.9. The molecule has 3 heterocycles. The molecule has 1 unspecified atom stereocenters. The molecular formula is C29H24N2O7S. The molecule has 0 N–H and O–H groups in total. The highest BCUT2D eigenvalue weighted by Crippen LogP contribution is 2.31. The van der Waals surface area contributed by atoms with E-state index in [1.807, 2.05) is 12.1 Å². The van der Waals surface area contributed by atoms with E-state index < -0.39 is 18.0 Å². The SMILES string of the molecule is CCOC(=O)C1=C(C)N=c2sc(=Cc3cccc(OC(=O)c4ccco4)c3)c(=O)n2C1c1ccc(OC)cc1. The molecule has 2 aromatic carbocycles. The zero-order chi connectivity index (χ0) is 27.5. The lowest BCUT2D eigenvalue weighted by Crippen LogP contribution is -2.39. The summed E-state index contributed by atoms with van der Waals surface area (Å²) < 4.78 is 23.0. The quantitative estimate of drug-likeness (QED) is 0.258. The van der Waals surface area contributed by atoms with Gasteiger partial charge in [0.15, 0.2) is 4.80 Å². The molecule has 198 valence electrons. The van der Waals surface area contributed by atoms with E-state index in [9.17, 15) is 14.4 Å². The summed E-state index contributed by atoms with van der Waals surface area (Å²) in [7, 11) is 1.57. The van der Waals surface area contributed by atoms with Gasteiger partial charge in [0, 0.05) is 0 Å². The number of carbonyl (C=O) groups is 2. The standard InChI is InChI=1S/C29H24N2O7S/c1-4-36-28(34)24-17(2)30-29-31(25(24)19-10-12-20(35-3)13-11-19)26(32)23(39-29)16-18-7-5-8-21(15-18)38-27(33)22-9-6-14-37-22/h5-16,25H,4H2,1-3H3. The topological polar surface area (TPSA) is 109 Å². The molecule has 9 nitrogen and oxygen atoms in total. The molecule has 0 bridgehead atoms. The zero-order valence-electron chi connectivity index (χ0n) is 21.4. The van der Waals surface area contributed by atoms with Gasteiger partial charge < -0.3 is 18.6 Å². The summed E-state index contributed by atoms with van der Waals surface area (Å²) in [4.78, 5) is 44.1. The van der Waals surface area contributed by atoms with Crippen molar-refractivity contribution < 1.29 is 28.2 Å². The number of furan rings is 1. The van der Waals surface area contributed by atoms with Crippen LogP contribution in [0.2, 0.25) is 0 Å². The van der Waals surface area contributed by atoms with Crippen LogP contribution in [0.15, 0.2) is 92.4 Å². The average Bonchev–Trinajstić information content (AvgIpc) is 3.57. The van der Waals surface area contributed by atoms with Gasteiger partial charge in [0.25, 0.3) is 5.56 Å². The predicted octanol–water partition coefficient (Wildman–Crippen LogP) is 3.62. The molecule has 39 heavy (non-hydrogen) atoms. The first kappa shape index (κ1) is 25.9. The van der Waals surface area contributed by atoms with Crippen LogP contribution in [-0.2, 0) is 9.53 Å². The van der Waals surface area contributed by atoms with Gasteiger partial charge in [-0.15, -0.1) is 0 Å². The van der Waals surface area contributed by atoms with Crippen LogP contribution in [0.1, 0.15) is 41.6 Å². The second-order valence-electron chi connectivity index (χ2n) is 8.51. The van der Waals surface area contributed by atoms with Crippen LogP contribution in [-0.4, -0.2) is 30.2 Å². The second-order valence-corrected chi connectivity index (χ2v) is 9.52. The molecule has 1 aliphatic rings. The van der Waals surface area contributed by atoms with Crippen molar-refractivity contribution in [3.63, 3.8) is 0 Å². The Morgan fingerprint density at radius 1 is 1.08 bits per heavy atom. The number of esters is 2. The number of carbonyl (C=O) groups excluding carboxylic acids is 2. The maximum absolute atomic E-state index is 13.8. The summed E-state index contributed by atoms with van der Waals surface area (Å²) in [6.45, 7) is 3.65. The van der Waals surface area contributed by atoms with Gasteiger partial charge >= 0.3 is 11.9 Å². The van der Waals surface area contributed by atoms with Gasteiger partial charge in [-0.25, -0.2) is 14.6 Å². The Morgan fingerprint density at radius 3 is 2.56 bits per heavy atom. The van der Waals surface area contributed by atoms with E-state index in [1.165, 1.54) is 28.2 Å². The number of ether oxygens (including phenoxy) is 3.